The highest BCUT2D eigenvalue weighted by Crippen LogP contribution is 2.44. The van der Waals surface area contributed by atoms with Crippen molar-refractivity contribution in [3.63, 3.8) is 0 Å². The Morgan fingerprint density at radius 3 is 2.44 bits per heavy atom. The van der Waals surface area contributed by atoms with Gasteiger partial charge < -0.3 is 18.6 Å². The summed E-state index contributed by atoms with van der Waals surface area (Å²) in [5.41, 5.74) is 2.79. The van der Waals surface area contributed by atoms with Crippen LogP contribution in [0, 0.1) is 0 Å². The second-order valence-corrected chi connectivity index (χ2v) is 5.86. The quantitative estimate of drug-likeness (QED) is 0.703. The van der Waals surface area contributed by atoms with Crippen LogP contribution in [-0.4, -0.2) is 19.1 Å². The average Bonchev–Trinajstić information content (AvgIpc) is 3.21. The minimum atomic E-state index is -0.287. The molecule has 0 aliphatic carbocycles. The molecule has 3 heterocycles. The molecule has 0 saturated carbocycles. The summed E-state index contributed by atoms with van der Waals surface area (Å²) < 4.78 is 23.1. The van der Waals surface area contributed by atoms with Crippen molar-refractivity contribution in [2.24, 2.45) is 4.99 Å². The molecule has 0 bridgehead atoms. The number of fused-ring (bicyclic) bond motifs is 2. The molecule has 5 nitrogen and oxygen atoms in total. The third-order valence-corrected chi connectivity index (χ3v) is 4.26. The van der Waals surface area contributed by atoms with Gasteiger partial charge in [-0.25, -0.2) is 4.99 Å². The summed E-state index contributed by atoms with van der Waals surface area (Å²) in [6, 6.07) is 17.6. The maximum atomic E-state index is 6.19. The van der Waals surface area contributed by atoms with Crippen molar-refractivity contribution in [2.45, 2.75) is 6.10 Å². The Morgan fingerprint density at radius 1 is 0.880 bits per heavy atom. The van der Waals surface area contributed by atoms with E-state index >= 15 is 0 Å². The molecule has 1 aromatic heterocycles. The van der Waals surface area contributed by atoms with E-state index in [-0.39, 0.29) is 6.10 Å². The summed E-state index contributed by atoms with van der Waals surface area (Å²) in [5, 5.41) is 0. The van der Waals surface area contributed by atoms with Crippen LogP contribution in [0.4, 0.5) is 5.69 Å². The predicted molar refractivity (Wildman–Crippen MR) is 91.7 cm³/mol. The maximum absolute atomic E-state index is 6.19. The molecule has 1 atom stereocenters. The highest BCUT2D eigenvalue weighted by atomic mass is 16.6. The number of rotatable bonds is 2. The lowest BCUT2D eigenvalue weighted by atomic mass is 9.98. The number of hydrogen-bond acceptors (Lipinski definition) is 5. The van der Waals surface area contributed by atoms with Crippen LogP contribution < -0.4 is 9.47 Å². The average molecular weight is 333 g/mol. The molecule has 0 spiro atoms. The summed E-state index contributed by atoms with van der Waals surface area (Å²) in [6.45, 7) is 1.09. The second kappa shape index (κ2) is 5.70. The molecule has 124 valence electrons. The van der Waals surface area contributed by atoms with Gasteiger partial charge >= 0.3 is 0 Å². The van der Waals surface area contributed by atoms with E-state index in [1.165, 1.54) is 0 Å². The van der Waals surface area contributed by atoms with E-state index in [0.29, 0.717) is 30.6 Å². The highest BCUT2D eigenvalue weighted by molar-refractivity contribution is 5.95. The van der Waals surface area contributed by atoms with E-state index < -0.39 is 0 Å². The van der Waals surface area contributed by atoms with E-state index in [1.54, 1.807) is 6.26 Å². The van der Waals surface area contributed by atoms with E-state index in [9.17, 15) is 0 Å². The van der Waals surface area contributed by atoms with E-state index in [1.807, 2.05) is 54.6 Å². The fourth-order valence-corrected chi connectivity index (χ4v) is 3.10. The van der Waals surface area contributed by atoms with Crippen molar-refractivity contribution >= 4 is 11.6 Å². The zero-order chi connectivity index (χ0) is 16.6. The lowest BCUT2D eigenvalue weighted by molar-refractivity contribution is 0.169. The third-order valence-electron chi connectivity index (χ3n) is 4.26. The Balaban J connectivity index is 1.68. The third kappa shape index (κ3) is 2.45. The molecule has 3 aromatic rings. The summed E-state index contributed by atoms with van der Waals surface area (Å²) in [4.78, 5) is 4.64. The van der Waals surface area contributed by atoms with Gasteiger partial charge in [-0.05, 0) is 23.8 Å². The van der Waals surface area contributed by atoms with Crippen LogP contribution in [0.5, 0.6) is 11.5 Å². The van der Waals surface area contributed by atoms with Crippen molar-refractivity contribution in [3.8, 4) is 11.5 Å². The van der Waals surface area contributed by atoms with Gasteiger partial charge in [-0.15, -0.1) is 0 Å². The van der Waals surface area contributed by atoms with Crippen LogP contribution in [0.15, 0.2) is 70.3 Å². The predicted octanol–water partition coefficient (Wildman–Crippen LogP) is 4.25. The van der Waals surface area contributed by atoms with E-state index in [4.69, 9.17) is 18.6 Å². The first-order chi connectivity index (χ1) is 12.4. The van der Waals surface area contributed by atoms with E-state index in [2.05, 4.69) is 4.99 Å². The Hall–Kier alpha value is -3.21. The van der Waals surface area contributed by atoms with Gasteiger partial charge in [-0.3, -0.25) is 0 Å². The van der Waals surface area contributed by atoms with Crippen molar-refractivity contribution in [1.82, 2.24) is 0 Å². The molecular weight excluding hydrogens is 318 g/mol. The van der Waals surface area contributed by atoms with Crippen LogP contribution in [0.1, 0.15) is 23.0 Å². The standard InChI is InChI=1S/C20H15NO4/c1-2-5-13(6-3-1)19-14-11-17-18(24-10-9-23-17)12-15(14)21-20(25-19)16-7-4-8-22-16/h1-8,11-12,19H,9-10H2/t19-/m0/s1. The zero-order valence-electron chi connectivity index (χ0n) is 13.3. The minimum absolute atomic E-state index is 0.287. The van der Waals surface area contributed by atoms with Gasteiger partial charge in [-0.2, -0.15) is 0 Å². The van der Waals surface area contributed by atoms with Gasteiger partial charge in [0.15, 0.2) is 23.4 Å². The highest BCUT2D eigenvalue weighted by Gasteiger charge is 2.30. The molecule has 0 radical (unpaired) electrons. The smallest absolute Gasteiger partial charge is 0.259 e. The lowest BCUT2D eigenvalue weighted by Crippen LogP contribution is -2.20. The van der Waals surface area contributed by atoms with Crippen molar-refractivity contribution in [2.75, 3.05) is 13.2 Å². The molecule has 2 aliphatic rings. The Bertz CT molecular complexity index is 932. The summed E-state index contributed by atoms with van der Waals surface area (Å²) in [5.74, 6) is 2.50. The SMILES string of the molecule is c1ccc([C@@H]2OC(c3ccco3)=Nc3cc4c(cc32)OCCO4)cc1. The summed E-state index contributed by atoms with van der Waals surface area (Å²) in [6.07, 6.45) is 1.32. The van der Waals surface area contributed by atoms with Crippen LogP contribution >= 0.6 is 0 Å². The second-order valence-electron chi connectivity index (χ2n) is 5.86. The number of nitrogens with zero attached hydrogens (tertiary/aromatic N) is 1. The number of benzene rings is 2. The molecule has 0 saturated heterocycles. The maximum Gasteiger partial charge on any atom is 0.259 e. The Morgan fingerprint density at radius 2 is 1.68 bits per heavy atom. The van der Waals surface area contributed by atoms with Crippen molar-refractivity contribution in [3.05, 3.63) is 77.7 Å². The Kier molecular flexibility index (Phi) is 3.23. The lowest BCUT2D eigenvalue weighted by Gasteiger charge is -2.28. The number of furan rings is 1. The van der Waals surface area contributed by atoms with Crippen LogP contribution in [0.25, 0.3) is 0 Å². The number of ether oxygens (including phenoxy) is 3. The molecular formula is C20H15NO4. The number of hydrogen-bond donors (Lipinski definition) is 0. The summed E-state index contributed by atoms with van der Waals surface area (Å²) >= 11 is 0. The molecule has 2 aromatic carbocycles. The zero-order valence-corrected chi connectivity index (χ0v) is 13.3. The van der Waals surface area contributed by atoms with Crippen LogP contribution in [-0.2, 0) is 4.74 Å². The molecule has 0 unspecified atom stereocenters. The van der Waals surface area contributed by atoms with Gasteiger partial charge in [-0.1, -0.05) is 30.3 Å². The molecule has 5 heteroatoms. The normalized spacial score (nSPS) is 18.1. The first-order valence-electron chi connectivity index (χ1n) is 8.16. The molecule has 0 N–H and O–H groups in total. The van der Waals surface area contributed by atoms with Crippen LogP contribution in [0.2, 0.25) is 0 Å². The minimum Gasteiger partial charge on any atom is -0.486 e. The van der Waals surface area contributed by atoms with Gasteiger partial charge in [0.2, 0.25) is 0 Å². The Labute approximate surface area is 144 Å². The fraction of sp³-hybridized carbons (Fsp3) is 0.150. The molecule has 2 aliphatic heterocycles. The monoisotopic (exact) mass is 333 g/mol. The van der Waals surface area contributed by atoms with Gasteiger partial charge in [0, 0.05) is 11.6 Å². The fourth-order valence-electron chi connectivity index (χ4n) is 3.10. The first-order valence-corrected chi connectivity index (χ1v) is 8.16. The van der Waals surface area contributed by atoms with Crippen molar-refractivity contribution < 1.29 is 18.6 Å². The van der Waals surface area contributed by atoms with E-state index in [0.717, 1.165) is 22.6 Å². The number of aliphatic imine (C=N–C) groups is 1. The van der Waals surface area contributed by atoms with Gasteiger partial charge in [0.05, 0.1) is 12.0 Å². The molecule has 0 fully saturated rings. The van der Waals surface area contributed by atoms with Gasteiger partial charge in [0.25, 0.3) is 5.90 Å². The topological polar surface area (TPSA) is 53.2 Å². The molecule has 0 amide bonds. The molecule has 25 heavy (non-hydrogen) atoms. The first kappa shape index (κ1) is 14.2. The summed E-state index contributed by atoms with van der Waals surface area (Å²) in [7, 11) is 0. The van der Waals surface area contributed by atoms with Gasteiger partial charge in [0.1, 0.15) is 13.2 Å². The van der Waals surface area contributed by atoms with Crippen molar-refractivity contribution in [1.29, 1.82) is 0 Å². The van der Waals surface area contributed by atoms with Crippen LogP contribution in [0.3, 0.4) is 0 Å². The largest absolute Gasteiger partial charge is 0.486 e. The molecule has 5 rings (SSSR count).